The Morgan fingerprint density at radius 1 is 1.03 bits per heavy atom. The molecule has 166 valence electrons. The quantitative estimate of drug-likeness (QED) is 0.396. The third-order valence-electron chi connectivity index (χ3n) is 5.98. The molecule has 2 N–H and O–H groups in total. The molecular formula is C25H26ClN3O3. The van der Waals surface area contributed by atoms with Gasteiger partial charge in [0.15, 0.2) is 11.9 Å². The molecule has 4 rings (SSSR count). The maximum atomic E-state index is 10.9. The summed E-state index contributed by atoms with van der Waals surface area (Å²) in [5.41, 5.74) is 3.99. The molecule has 7 heteroatoms. The molecule has 1 aromatic heterocycles. The van der Waals surface area contributed by atoms with Gasteiger partial charge in [-0.15, -0.1) is 10.2 Å². The molecular weight excluding hydrogens is 426 g/mol. The van der Waals surface area contributed by atoms with Gasteiger partial charge in [0, 0.05) is 23.7 Å². The number of aromatic nitrogens is 2. The van der Waals surface area contributed by atoms with E-state index < -0.39 is 5.97 Å². The van der Waals surface area contributed by atoms with E-state index >= 15 is 0 Å². The predicted octanol–water partition coefficient (Wildman–Crippen LogP) is 6.21. The number of hydrogen-bond donors (Lipinski definition) is 2. The zero-order valence-corrected chi connectivity index (χ0v) is 18.5. The number of ether oxygens (including phenoxy) is 1. The lowest BCUT2D eigenvalue weighted by atomic mass is 9.77. The molecule has 0 amide bonds. The first kappa shape index (κ1) is 22.1. The Morgan fingerprint density at radius 3 is 2.47 bits per heavy atom. The molecule has 0 bridgehead atoms. The van der Waals surface area contributed by atoms with E-state index in [9.17, 15) is 4.79 Å². The van der Waals surface area contributed by atoms with E-state index in [0.29, 0.717) is 29.8 Å². The second kappa shape index (κ2) is 10.5. The van der Waals surface area contributed by atoms with Crippen LogP contribution in [0, 0.1) is 5.92 Å². The zero-order chi connectivity index (χ0) is 22.3. The van der Waals surface area contributed by atoms with Gasteiger partial charge in [-0.3, -0.25) is 4.79 Å². The smallest absolute Gasteiger partial charge is 0.303 e. The molecule has 2 aromatic carbocycles. The van der Waals surface area contributed by atoms with E-state index in [1.54, 1.807) is 0 Å². The molecule has 1 aliphatic carbocycles. The number of alkyl halides is 1. The highest BCUT2D eigenvalue weighted by Gasteiger charge is 2.23. The average Bonchev–Trinajstić information content (AvgIpc) is 2.80. The van der Waals surface area contributed by atoms with Crippen LogP contribution in [0.3, 0.4) is 0 Å². The van der Waals surface area contributed by atoms with E-state index in [0.717, 1.165) is 42.6 Å². The molecule has 0 aliphatic heterocycles. The summed E-state index contributed by atoms with van der Waals surface area (Å²) in [6, 6.07) is 19.9. The van der Waals surface area contributed by atoms with Crippen LogP contribution in [0.25, 0.3) is 11.3 Å². The minimum absolute atomic E-state index is 0.0999. The van der Waals surface area contributed by atoms with Gasteiger partial charge in [-0.05, 0) is 67.3 Å². The summed E-state index contributed by atoms with van der Waals surface area (Å²) in [7, 11) is 0. The van der Waals surface area contributed by atoms with Gasteiger partial charge in [-0.2, -0.15) is 0 Å². The van der Waals surface area contributed by atoms with Crippen molar-refractivity contribution in [1.29, 1.82) is 0 Å². The van der Waals surface area contributed by atoms with E-state index in [2.05, 4.69) is 39.8 Å². The largest absolute Gasteiger partial charge is 0.481 e. The Labute approximate surface area is 192 Å². The third kappa shape index (κ3) is 5.77. The van der Waals surface area contributed by atoms with Gasteiger partial charge in [0.05, 0.1) is 5.69 Å². The van der Waals surface area contributed by atoms with Crippen LogP contribution in [0.15, 0.2) is 60.7 Å². The van der Waals surface area contributed by atoms with Crippen molar-refractivity contribution in [3.05, 3.63) is 66.2 Å². The molecule has 0 unspecified atom stereocenters. The van der Waals surface area contributed by atoms with Crippen molar-refractivity contribution in [3.8, 4) is 17.0 Å². The van der Waals surface area contributed by atoms with Crippen molar-refractivity contribution in [1.82, 2.24) is 10.2 Å². The van der Waals surface area contributed by atoms with Gasteiger partial charge in [0.1, 0.15) is 5.75 Å². The van der Waals surface area contributed by atoms with Crippen LogP contribution < -0.4 is 10.1 Å². The van der Waals surface area contributed by atoms with E-state index in [1.165, 1.54) is 5.56 Å². The fourth-order valence-electron chi connectivity index (χ4n) is 4.30. The Kier molecular flexibility index (Phi) is 7.22. The molecule has 0 spiro atoms. The summed E-state index contributed by atoms with van der Waals surface area (Å²) in [5.74, 6) is 1.47. The van der Waals surface area contributed by atoms with Gasteiger partial charge in [0.2, 0.25) is 0 Å². The molecule has 6 nitrogen and oxygen atoms in total. The van der Waals surface area contributed by atoms with Crippen LogP contribution >= 0.6 is 11.6 Å². The fraction of sp³-hybridized carbons (Fsp3) is 0.320. The Hall–Kier alpha value is -3.12. The average molecular weight is 452 g/mol. The maximum absolute atomic E-state index is 10.9. The van der Waals surface area contributed by atoms with E-state index in [1.807, 2.05) is 36.4 Å². The summed E-state index contributed by atoms with van der Waals surface area (Å²) < 4.78 is 5.30. The van der Waals surface area contributed by atoms with Gasteiger partial charge < -0.3 is 15.2 Å². The zero-order valence-electron chi connectivity index (χ0n) is 17.7. The molecule has 1 saturated carbocycles. The highest BCUT2D eigenvalue weighted by Crippen LogP contribution is 2.37. The molecule has 0 saturated heterocycles. The predicted molar refractivity (Wildman–Crippen MR) is 125 cm³/mol. The van der Waals surface area contributed by atoms with E-state index in [-0.39, 0.29) is 6.07 Å². The second-order valence-electron chi connectivity index (χ2n) is 8.15. The minimum atomic E-state index is -0.686. The van der Waals surface area contributed by atoms with Gasteiger partial charge in [0.25, 0.3) is 0 Å². The minimum Gasteiger partial charge on any atom is -0.481 e. The van der Waals surface area contributed by atoms with Crippen molar-refractivity contribution in [2.45, 2.75) is 38.0 Å². The number of carboxylic acids is 1. The normalized spacial score (nSPS) is 18.2. The summed E-state index contributed by atoms with van der Waals surface area (Å²) in [4.78, 5) is 10.9. The fourth-order valence-corrected chi connectivity index (χ4v) is 4.43. The lowest BCUT2D eigenvalue weighted by Gasteiger charge is -2.28. The van der Waals surface area contributed by atoms with Crippen LogP contribution in [0.2, 0.25) is 0 Å². The van der Waals surface area contributed by atoms with Crippen molar-refractivity contribution in [2.75, 3.05) is 11.4 Å². The molecule has 1 fully saturated rings. The summed E-state index contributed by atoms with van der Waals surface area (Å²) in [5, 5.41) is 20.9. The van der Waals surface area contributed by atoms with Crippen molar-refractivity contribution < 1.29 is 14.6 Å². The van der Waals surface area contributed by atoms with Crippen molar-refractivity contribution >= 4 is 29.1 Å². The number of nitrogens with zero attached hydrogens (tertiary/aromatic N) is 2. The lowest BCUT2D eigenvalue weighted by Crippen LogP contribution is -2.16. The standard InChI is InChI=1S/C25H26ClN3O3/c26-16-32-22-3-1-2-21(15-22)27-24-13-12-23(28-29-24)20-10-8-19(9-11-20)18-6-4-17(5-7-18)14-25(30)31/h1-3,8-13,15,17-18H,4-7,14,16H2,(H,27,29)(H,30,31). The molecule has 3 aromatic rings. The highest BCUT2D eigenvalue weighted by molar-refractivity contribution is 6.17. The van der Waals surface area contributed by atoms with E-state index in [4.69, 9.17) is 21.4 Å². The van der Waals surface area contributed by atoms with Gasteiger partial charge in [-0.1, -0.05) is 41.9 Å². The molecule has 0 radical (unpaired) electrons. The van der Waals surface area contributed by atoms with Crippen LogP contribution in [0.5, 0.6) is 5.75 Å². The number of carboxylic acid groups (broad SMARTS) is 1. The van der Waals surface area contributed by atoms with Gasteiger partial charge >= 0.3 is 5.97 Å². The number of carbonyl (C=O) groups is 1. The van der Waals surface area contributed by atoms with Crippen molar-refractivity contribution in [2.24, 2.45) is 5.92 Å². The Balaban J connectivity index is 1.36. The molecule has 1 heterocycles. The number of nitrogens with one attached hydrogen (secondary N) is 1. The molecule has 32 heavy (non-hydrogen) atoms. The number of hydrogen-bond acceptors (Lipinski definition) is 5. The molecule has 1 aliphatic rings. The Bertz CT molecular complexity index is 1030. The first-order valence-electron chi connectivity index (χ1n) is 10.8. The number of anilines is 2. The summed E-state index contributed by atoms with van der Waals surface area (Å²) in [6.45, 7) is 0. The first-order valence-corrected chi connectivity index (χ1v) is 11.4. The van der Waals surface area contributed by atoms with Crippen LogP contribution in [-0.4, -0.2) is 27.3 Å². The number of rotatable bonds is 8. The summed E-state index contributed by atoms with van der Waals surface area (Å²) >= 11 is 5.62. The monoisotopic (exact) mass is 451 g/mol. The van der Waals surface area contributed by atoms with Crippen molar-refractivity contribution in [3.63, 3.8) is 0 Å². The number of benzene rings is 2. The lowest BCUT2D eigenvalue weighted by molar-refractivity contribution is -0.138. The first-order chi connectivity index (χ1) is 15.6. The topological polar surface area (TPSA) is 84.3 Å². The summed E-state index contributed by atoms with van der Waals surface area (Å²) in [6.07, 6.45) is 4.37. The number of halogens is 1. The SMILES string of the molecule is O=C(O)CC1CCC(c2ccc(-c3ccc(Nc4cccc(OCCl)c4)nn3)cc2)CC1. The van der Waals surface area contributed by atoms with Gasteiger partial charge in [-0.25, -0.2) is 0 Å². The molecule has 0 atom stereocenters. The van der Waals surface area contributed by atoms with Crippen LogP contribution in [-0.2, 0) is 4.79 Å². The Morgan fingerprint density at radius 2 is 1.81 bits per heavy atom. The third-order valence-corrected chi connectivity index (χ3v) is 6.09. The maximum Gasteiger partial charge on any atom is 0.303 e. The number of aliphatic carboxylic acids is 1. The highest BCUT2D eigenvalue weighted by atomic mass is 35.5. The van der Waals surface area contributed by atoms with Crippen LogP contribution in [0.1, 0.15) is 43.6 Å². The van der Waals surface area contributed by atoms with Crippen LogP contribution in [0.4, 0.5) is 11.5 Å². The second-order valence-corrected chi connectivity index (χ2v) is 8.37.